The summed E-state index contributed by atoms with van der Waals surface area (Å²) in [4.78, 5) is 0. The lowest BCUT2D eigenvalue weighted by atomic mass is 9.61. The number of aliphatic hydroxyl groups excluding tert-OH is 3. The number of rotatable bonds is 6. The van der Waals surface area contributed by atoms with E-state index in [0.29, 0.717) is 30.6 Å². The summed E-state index contributed by atoms with van der Waals surface area (Å²) in [5.74, 6) is 1.63. The fourth-order valence-corrected chi connectivity index (χ4v) is 7.87. The van der Waals surface area contributed by atoms with Gasteiger partial charge in [0.1, 0.15) is 0 Å². The Kier molecular flexibility index (Phi) is 7.20. The van der Waals surface area contributed by atoms with Crippen molar-refractivity contribution in [2.24, 2.45) is 23.2 Å². The first-order valence-corrected chi connectivity index (χ1v) is 14.1. The minimum atomic E-state index is -0.634. The molecule has 4 fully saturated rings. The van der Waals surface area contributed by atoms with Gasteiger partial charge in [-0.15, -0.1) is 0 Å². The molecule has 0 amide bonds. The molecule has 0 aliphatic heterocycles. The molecule has 0 unspecified atom stereocenters. The molecule has 0 heterocycles. The first-order chi connectivity index (χ1) is 17.2. The van der Waals surface area contributed by atoms with Gasteiger partial charge in [-0.3, -0.25) is 0 Å². The van der Waals surface area contributed by atoms with Crippen LogP contribution in [0.15, 0.2) is 77.9 Å². The number of allylic oxidation sites excluding steroid dienone is 4. The minimum absolute atomic E-state index is 0.0852. The summed E-state index contributed by atoms with van der Waals surface area (Å²) in [5.41, 5.74) is 4.74. The topological polar surface area (TPSA) is 60.7 Å². The Labute approximate surface area is 217 Å². The molecule has 4 saturated carbocycles. The molecule has 0 spiro atoms. The summed E-state index contributed by atoms with van der Waals surface area (Å²) < 4.78 is 0. The average molecular weight is 489 g/mol. The zero-order chi connectivity index (χ0) is 25.5. The van der Waals surface area contributed by atoms with Crippen LogP contribution in [0.4, 0.5) is 0 Å². The molecule has 194 valence electrons. The highest BCUT2D eigenvalue weighted by molar-refractivity contribution is 5.39. The van der Waals surface area contributed by atoms with E-state index in [4.69, 9.17) is 0 Å². The Morgan fingerprint density at radius 2 is 1.78 bits per heavy atom. The number of hydrogen-bond donors (Lipinski definition) is 3. The van der Waals surface area contributed by atoms with Crippen molar-refractivity contribution in [1.82, 2.24) is 0 Å². The fraction of sp³-hybridized carbons (Fsp3) is 0.576. The van der Waals surface area contributed by atoms with E-state index < -0.39 is 18.3 Å². The maximum atomic E-state index is 11.1. The Bertz CT molecular complexity index is 1050. The SMILES string of the molecule is C=C1/C(=C/C=C2\CCC[C@]3(C)[C@@H]([C@H](C)/C=C/[C@@H](O)C4(c5ccccc5)CC4)CC[C@@H]23)C[C@@H](O)C[C@@H]1O. The molecule has 7 atom stereocenters. The molecular formula is C33H44O3. The van der Waals surface area contributed by atoms with Gasteiger partial charge < -0.3 is 15.3 Å². The van der Waals surface area contributed by atoms with Gasteiger partial charge in [-0.2, -0.15) is 0 Å². The average Bonchev–Trinajstić information content (AvgIpc) is 3.60. The molecule has 4 aliphatic carbocycles. The molecule has 0 bridgehead atoms. The zero-order valence-electron chi connectivity index (χ0n) is 22.1. The summed E-state index contributed by atoms with van der Waals surface area (Å²) >= 11 is 0. The molecule has 3 N–H and O–H groups in total. The lowest BCUT2D eigenvalue weighted by Crippen LogP contribution is -2.35. The van der Waals surface area contributed by atoms with E-state index in [1.165, 1.54) is 36.8 Å². The molecular weight excluding hydrogens is 444 g/mol. The molecule has 0 saturated heterocycles. The van der Waals surface area contributed by atoms with E-state index in [0.717, 1.165) is 30.4 Å². The fourth-order valence-electron chi connectivity index (χ4n) is 7.87. The van der Waals surface area contributed by atoms with Crippen LogP contribution in [0.3, 0.4) is 0 Å². The minimum Gasteiger partial charge on any atom is -0.393 e. The third-order valence-electron chi connectivity index (χ3n) is 10.2. The Morgan fingerprint density at radius 1 is 1.03 bits per heavy atom. The lowest BCUT2D eigenvalue weighted by Gasteiger charge is -2.44. The van der Waals surface area contributed by atoms with Crippen molar-refractivity contribution in [3.05, 3.63) is 83.5 Å². The molecule has 3 heteroatoms. The maximum Gasteiger partial charge on any atom is 0.0817 e. The highest BCUT2D eigenvalue weighted by Crippen LogP contribution is 2.60. The van der Waals surface area contributed by atoms with Gasteiger partial charge in [0.15, 0.2) is 0 Å². The van der Waals surface area contributed by atoms with Gasteiger partial charge in [0.2, 0.25) is 0 Å². The van der Waals surface area contributed by atoms with Gasteiger partial charge in [-0.25, -0.2) is 0 Å². The predicted molar refractivity (Wildman–Crippen MR) is 146 cm³/mol. The van der Waals surface area contributed by atoms with E-state index in [9.17, 15) is 15.3 Å². The number of fused-ring (bicyclic) bond motifs is 1. The van der Waals surface area contributed by atoms with E-state index >= 15 is 0 Å². The second-order valence-corrected chi connectivity index (χ2v) is 12.4. The summed E-state index contributed by atoms with van der Waals surface area (Å²) in [5, 5.41) is 31.4. The predicted octanol–water partition coefficient (Wildman–Crippen LogP) is 6.41. The number of benzene rings is 1. The van der Waals surface area contributed by atoms with Crippen molar-refractivity contribution >= 4 is 0 Å². The van der Waals surface area contributed by atoms with Crippen LogP contribution in [0.2, 0.25) is 0 Å². The van der Waals surface area contributed by atoms with Crippen LogP contribution in [0, 0.1) is 23.2 Å². The van der Waals surface area contributed by atoms with E-state index in [1.54, 1.807) is 0 Å². The molecule has 1 aromatic rings. The van der Waals surface area contributed by atoms with Crippen molar-refractivity contribution in [3.8, 4) is 0 Å². The van der Waals surface area contributed by atoms with Crippen LogP contribution in [0.25, 0.3) is 0 Å². The van der Waals surface area contributed by atoms with Crippen LogP contribution < -0.4 is 0 Å². The van der Waals surface area contributed by atoms with Crippen LogP contribution in [-0.4, -0.2) is 33.6 Å². The van der Waals surface area contributed by atoms with E-state index in [1.807, 2.05) is 6.07 Å². The molecule has 0 radical (unpaired) electrons. The van der Waals surface area contributed by atoms with Crippen LogP contribution in [0.1, 0.15) is 77.2 Å². The van der Waals surface area contributed by atoms with Gasteiger partial charge >= 0.3 is 0 Å². The smallest absolute Gasteiger partial charge is 0.0817 e. The summed E-state index contributed by atoms with van der Waals surface area (Å²) in [6, 6.07) is 10.5. The van der Waals surface area contributed by atoms with Crippen LogP contribution in [0.5, 0.6) is 0 Å². The quantitative estimate of drug-likeness (QED) is 0.405. The first-order valence-electron chi connectivity index (χ1n) is 14.1. The Hall–Kier alpha value is -1.94. The molecule has 0 aromatic heterocycles. The van der Waals surface area contributed by atoms with Gasteiger partial charge in [-0.05, 0) is 91.2 Å². The van der Waals surface area contributed by atoms with Gasteiger partial charge in [-0.1, -0.05) is 80.6 Å². The highest BCUT2D eigenvalue weighted by atomic mass is 16.3. The van der Waals surface area contributed by atoms with Gasteiger partial charge in [0, 0.05) is 11.8 Å². The van der Waals surface area contributed by atoms with Crippen molar-refractivity contribution in [2.45, 2.75) is 95.4 Å². The Morgan fingerprint density at radius 3 is 2.50 bits per heavy atom. The van der Waals surface area contributed by atoms with Crippen molar-refractivity contribution in [2.75, 3.05) is 0 Å². The molecule has 4 aliphatic rings. The van der Waals surface area contributed by atoms with Crippen molar-refractivity contribution < 1.29 is 15.3 Å². The molecule has 5 rings (SSSR count). The van der Waals surface area contributed by atoms with E-state index in [-0.39, 0.29) is 10.8 Å². The second-order valence-electron chi connectivity index (χ2n) is 12.4. The summed E-state index contributed by atoms with van der Waals surface area (Å²) in [6.07, 6.45) is 16.4. The van der Waals surface area contributed by atoms with Crippen LogP contribution in [-0.2, 0) is 5.41 Å². The molecule has 1 aromatic carbocycles. The number of hydrogen-bond acceptors (Lipinski definition) is 3. The zero-order valence-corrected chi connectivity index (χ0v) is 22.1. The highest BCUT2D eigenvalue weighted by Gasteiger charge is 2.51. The molecule has 36 heavy (non-hydrogen) atoms. The van der Waals surface area contributed by atoms with E-state index in [2.05, 4.69) is 69.0 Å². The van der Waals surface area contributed by atoms with Crippen LogP contribution >= 0.6 is 0 Å². The largest absolute Gasteiger partial charge is 0.393 e. The number of aliphatic hydroxyl groups is 3. The third-order valence-corrected chi connectivity index (χ3v) is 10.2. The summed E-state index contributed by atoms with van der Waals surface area (Å²) in [7, 11) is 0. The Balaban J connectivity index is 1.29. The third kappa shape index (κ3) is 4.71. The lowest BCUT2D eigenvalue weighted by molar-refractivity contribution is 0.0862. The van der Waals surface area contributed by atoms with Crippen molar-refractivity contribution in [3.63, 3.8) is 0 Å². The first kappa shape index (κ1) is 25.7. The monoisotopic (exact) mass is 488 g/mol. The van der Waals surface area contributed by atoms with Crippen molar-refractivity contribution in [1.29, 1.82) is 0 Å². The van der Waals surface area contributed by atoms with Gasteiger partial charge in [0.05, 0.1) is 18.3 Å². The standard InChI is InChI=1S/C33H44O3/c1-22(11-16-31(36)33(18-19-33)26-9-5-4-6-10-26)28-14-15-29-24(8-7-17-32(28,29)3)12-13-25-20-27(34)21-30(35)23(25)2/h4-6,9-13,16,22,27-31,34-36H,2,7-8,14-15,17-21H2,1,3H3/b16-11+,24-12+,25-13+/t22-,27-,28-,29+,30+,31-,32-/m1/s1. The maximum absolute atomic E-state index is 11.1. The molecule has 3 nitrogen and oxygen atoms in total. The normalized spacial score (nSPS) is 37.9. The summed E-state index contributed by atoms with van der Waals surface area (Å²) in [6.45, 7) is 8.92. The second kappa shape index (κ2) is 10.1. The van der Waals surface area contributed by atoms with Gasteiger partial charge in [0.25, 0.3) is 0 Å².